The van der Waals surface area contributed by atoms with Gasteiger partial charge >= 0.3 is 0 Å². The summed E-state index contributed by atoms with van der Waals surface area (Å²) in [5, 5.41) is 6.25. The first kappa shape index (κ1) is 14.5. The lowest BCUT2D eigenvalue weighted by molar-refractivity contribution is 0.629. The highest BCUT2D eigenvalue weighted by molar-refractivity contribution is 6.30. The Kier molecular flexibility index (Phi) is 4.74. The second-order valence-electron chi connectivity index (χ2n) is 4.30. The molecule has 2 rings (SSSR count). The van der Waals surface area contributed by atoms with Crippen molar-refractivity contribution in [3.8, 4) is 0 Å². The van der Waals surface area contributed by atoms with Crippen LogP contribution in [-0.2, 0) is 6.42 Å². The van der Waals surface area contributed by atoms with Crippen molar-refractivity contribution in [1.82, 2.24) is 9.97 Å². The van der Waals surface area contributed by atoms with Crippen LogP contribution in [0.2, 0.25) is 5.02 Å². The van der Waals surface area contributed by atoms with E-state index in [-0.39, 0.29) is 5.02 Å². The van der Waals surface area contributed by atoms with E-state index in [0.29, 0.717) is 11.5 Å². The Balaban J connectivity index is 2.34. The summed E-state index contributed by atoms with van der Waals surface area (Å²) in [6.07, 6.45) is 3.26. The highest BCUT2D eigenvalue weighted by Gasteiger charge is 2.10. The van der Waals surface area contributed by atoms with Gasteiger partial charge in [0.25, 0.3) is 0 Å². The molecular weight excluding hydrogens is 279 g/mol. The Labute approximate surface area is 122 Å². The van der Waals surface area contributed by atoms with Gasteiger partial charge in [0.2, 0.25) is 0 Å². The Hall–Kier alpha value is -1.88. The van der Waals surface area contributed by atoms with Crippen molar-refractivity contribution in [2.75, 3.05) is 17.7 Å². The van der Waals surface area contributed by atoms with E-state index >= 15 is 0 Å². The minimum absolute atomic E-state index is 0.0999. The average molecular weight is 295 g/mol. The highest BCUT2D eigenvalue weighted by atomic mass is 35.5. The van der Waals surface area contributed by atoms with Crippen LogP contribution in [0, 0.1) is 5.82 Å². The van der Waals surface area contributed by atoms with E-state index in [9.17, 15) is 4.39 Å². The lowest BCUT2D eigenvalue weighted by Gasteiger charge is -2.13. The van der Waals surface area contributed by atoms with Gasteiger partial charge in [-0.3, -0.25) is 0 Å². The number of hydrogen-bond donors (Lipinski definition) is 2. The first-order valence-electron chi connectivity index (χ1n) is 6.39. The third-order valence-corrected chi connectivity index (χ3v) is 3.17. The number of rotatable bonds is 5. The van der Waals surface area contributed by atoms with E-state index in [0.717, 1.165) is 24.2 Å². The predicted octanol–water partition coefficient (Wildman–Crippen LogP) is 4.01. The zero-order valence-corrected chi connectivity index (χ0v) is 12.1. The van der Waals surface area contributed by atoms with Gasteiger partial charge in [-0.05, 0) is 24.6 Å². The number of hydrogen-bond acceptors (Lipinski definition) is 4. The molecule has 2 N–H and O–H groups in total. The van der Waals surface area contributed by atoms with Gasteiger partial charge in [-0.15, -0.1) is 0 Å². The second kappa shape index (κ2) is 6.52. The maximum absolute atomic E-state index is 13.5. The van der Waals surface area contributed by atoms with Gasteiger partial charge in [0.15, 0.2) is 0 Å². The number of nitrogens with zero attached hydrogens (tertiary/aromatic N) is 2. The van der Waals surface area contributed by atoms with Crippen molar-refractivity contribution in [2.45, 2.75) is 19.8 Å². The van der Waals surface area contributed by atoms with Crippen LogP contribution in [0.4, 0.5) is 21.7 Å². The molecule has 0 fully saturated rings. The van der Waals surface area contributed by atoms with Crippen molar-refractivity contribution in [3.63, 3.8) is 0 Å². The topological polar surface area (TPSA) is 49.8 Å². The first-order valence-corrected chi connectivity index (χ1v) is 6.77. The van der Waals surface area contributed by atoms with Gasteiger partial charge in [-0.2, -0.15) is 0 Å². The van der Waals surface area contributed by atoms with Crippen LogP contribution in [0.5, 0.6) is 0 Å². The standard InChI is InChI=1S/C14H16ClFN4/c1-3-4-10-13(17-2)18-8-19-14(10)20-9-5-6-11(15)12(16)7-9/h5-8H,3-4H2,1-2H3,(H2,17,18,19,20). The van der Waals surface area contributed by atoms with Gasteiger partial charge < -0.3 is 10.6 Å². The molecule has 0 radical (unpaired) electrons. The summed E-state index contributed by atoms with van der Waals surface area (Å²) in [5.74, 6) is 0.989. The molecule has 0 bridgehead atoms. The van der Waals surface area contributed by atoms with Crippen molar-refractivity contribution >= 4 is 28.9 Å². The van der Waals surface area contributed by atoms with E-state index in [1.807, 2.05) is 7.05 Å². The fraction of sp³-hybridized carbons (Fsp3) is 0.286. The zero-order chi connectivity index (χ0) is 14.5. The average Bonchev–Trinajstić information content (AvgIpc) is 2.45. The first-order chi connectivity index (χ1) is 9.65. The van der Waals surface area contributed by atoms with Gasteiger partial charge in [-0.25, -0.2) is 14.4 Å². The highest BCUT2D eigenvalue weighted by Crippen LogP contribution is 2.26. The smallest absolute Gasteiger partial charge is 0.143 e. The summed E-state index contributed by atoms with van der Waals surface area (Å²) in [6, 6.07) is 4.57. The SMILES string of the molecule is CCCc1c(NC)ncnc1Nc1ccc(Cl)c(F)c1. The monoisotopic (exact) mass is 294 g/mol. The molecule has 1 aromatic carbocycles. The van der Waals surface area contributed by atoms with Crippen molar-refractivity contribution in [2.24, 2.45) is 0 Å². The summed E-state index contributed by atoms with van der Waals surface area (Å²) in [5.41, 5.74) is 1.58. The van der Waals surface area contributed by atoms with Gasteiger partial charge in [0.05, 0.1) is 5.02 Å². The molecular formula is C14H16ClFN4. The third kappa shape index (κ3) is 3.17. The predicted molar refractivity (Wildman–Crippen MR) is 80.3 cm³/mol. The number of halogens is 2. The summed E-state index contributed by atoms with van der Waals surface area (Å²) < 4.78 is 13.5. The Morgan fingerprint density at radius 2 is 2.00 bits per heavy atom. The molecule has 20 heavy (non-hydrogen) atoms. The van der Waals surface area contributed by atoms with Crippen molar-refractivity contribution < 1.29 is 4.39 Å². The maximum atomic E-state index is 13.5. The lowest BCUT2D eigenvalue weighted by atomic mass is 10.1. The van der Waals surface area contributed by atoms with Crippen molar-refractivity contribution in [3.05, 3.63) is 40.9 Å². The molecule has 0 unspecified atom stereocenters. The van der Waals surface area contributed by atoms with E-state index < -0.39 is 5.82 Å². The minimum Gasteiger partial charge on any atom is -0.373 e. The molecule has 0 aliphatic rings. The van der Waals surface area contributed by atoms with E-state index in [4.69, 9.17) is 11.6 Å². The zero-order valence-electron chi connectivity index (χ0n) is 11.4. The molecule has 0 spiro atoms. The van der Waals surface area contributed by atoms with Crippen molar-refractivity contribution in [1.29, 1.82) is 0 Å². The van der Waals surface area contributed by atoms with Crippen LogP contribution in [-0.4, -0.2) is 17.0 Å². The molecule has 1 heterocycles. The Bertz CT molecular complexity index is 604. The Morgan fingerprint density at radius 1 is 1.25 bits per heavy atom. The number of anilines is 3. The molecule has 0 saturated heterocycles. The molecule has 6 heteroatoms. The van der Waals surface area contributed by atoms with E-state index in [1.54, 1.807) is 6.07 Å². The fourth-order valence-electron chi connectivity index (χ4n) is 1.93. The molecule has 0 aliphatic carbocycles. The normalized spacial score (nSPS) is 10.4. The molecule has 2 aromatic rings. The van der Waals surface area contributed by atoms with Gasteiger partial charge in [-0.1, -0.05) is 24.9 Å². The maximum Gasteiger partial charge on any atom is 0.143 e. The van der Waals surface area contributed by atoms with Crippen LogP contribution in [0.15, 0.2) is 24.5 Å². The summed E-state index contributed by atoms with van der Waals surface area (Å²) >= 11 is 5.67. The number of benzene rings is 1. The second-order valence-corrected chi connectivity index (χ2v) is 4.71. The summed E-state index contributed by atoms with van der Waals surface area (Å²) in [7, 11) is 1.81. The van der Waals surface area contributed by atoms with Crippen LogP contribution < -0.4 is 10.6 Å². The number of aromatic nitrogens is 2. The fourth-order valence-corrected chi connectivity index (χ4v) is 2.05. The largest absolute Gasteiger partial charge is 0.373 e. The number of nitrogens with one attached hydrogen (secondary N) is 2. The Morgan fingerprint density at radius 3 is 2.65 bits per heavy atom. The van der Waals surface area contributed by atoms with Crippen LogP contribution in [0.1, 0.15) is 18.9 Å². The molecule has 1 aromatic heterocycles. The van der Waals surface area contributed by atoms with Gasteiger partial charge in [0.1, 0.15) is 23.8 Å². The van der Waals surface area contributed by atoms with Crippen LogP contribution in [0.3, 0.4) is 0 Å². The third-order valence-electron chi connectivity index (χ3n) is 2.86. The molecule has 0 amide bonds. The van der Waals surface area contributed by atoms with Crippen LogP contribution >= 0.6 is 11.6 Å². The van der Waals surface area contributed by atoms with E-state index in [2.05, 4.69) is 27.5 Å². The lowest BCUT2D eigenvalue weighted by Crippen LogP contribution is -2.05. The van der Waals surface area contributed by atoms with Crippen LogP contribution in [0.25, 0.3) is 0 Å². The van der Waals surface area contributed by atoms with E-state index in [1.165, 1.54) is 18.5 Å². The summed E-state index contributed by atoms with van der Waals surface area (Å²) in [4.78, 5) is 8.43. The minimum atomic E-state index is -0.461. The van der Waals surface area contributed by atoms with Gasteiger partial charge in [0, 0.05) is 18.3 Å². The molecule has 0 atom stereocenters. The molecule has 0 aliphatic heterocycles. The summed E-state index contributed by atoms with van der Waals surface area (Å²) in [6.45, 7) is 2.08. The molecule has 4 nitrogen and oxygen atoms in total. The molecule has 106 valence electrons. The molecule has 0 saturated carbocycles. The quantitative estimate of drug-likeness (QED) is 0.875.